The second-order valence-corrected chi connectivity index (χ2v) is 5.27. The largest absolute Gasteiger partial charge is 0.480 e. The van der Waals surface area contributed by atoms with E-state index in [-0.39, 0.29) is 12.0 Å². The molecule has 5 heteroatoms. The molecule has 0 aliphatic carbocycles. The van der Waals surface area contributed by atoms with E-state index in [1.807, 2.05) is 51.1 Å². The van der Waals surface area contributed by atoms with Gasteiger partial charge >= 0.3 is 12.0 Å². The zero-order chi connectivity index (χ0) is 15.1. The summed E-state index contributed by atoms with van der Waals surface area (Å²) in [6, 6.07) is 8.01. The maximum atomic E-state index is 11.8. The molecule has 1 rings (SSSR count). The van der Waals surface area contributed by atoms with E-state index in [1.54, 1.807) is 0 Å². The zero-order valence-electron chi connectivity index (χ0n) is 12.1. The van der Waals surface area contributed by atoms with Crippen molar-refractivity contribution in [1.82, 2.24) is 10.6 Å². The van der Waals surface area contributed by atoms with Crippen LogP contribution in [-0.4, -0.2) is 23.1 Å². The highest BCUT2D eigenvalue weighted by Crippen LogP contribution is 2.11. The molecule has 0 heterocycles. The third-order valence-corrected chi connectivity index (χ3v) is 2.96. The average molecular weight is 278 g/mol. The number of urea groups is 1. The molecule has 2 amide bonds. The summed E-state index contributed by atoms with van der Waals surface area (Å²) >= 11 is 0. The third-order valence-electron chi connectivity index (χ3n) is 2.96. The number of carbonyl (C=O) groups is 2. The smallest absolute Gasteiger partial charge is 0.326 e. The van der Waals surface area contributed by atoms with E-state index in [0.717, 1.165) is 5.56 Å². The highest BCUT2D eigenvalue weighted by atomic mass is 16.4. The molecule has 0 unspecified atom stereocenters. The topological polar surface area (TPSA) is 78.4 Å². The van der Waals surface area contributed by atoms with Crippen LogP contribution in [0.1, 0.15) is 38.8 Å². The Morgan fingerprint density at radius 2 is 1.70 bits per heavy atom. The minimum absolute atomic E-state index is 0.176. The van der Waals surface area contributed by atoms with Gasteiger partial charge in [0.25, 0.3) is 0 Å². The molecule has 0 saturated heterocycles. The summed E-state index contributed by atoms with van der Waals surface area (Å²) in [5.41, 5.74) is 0.971. The van der Waals surface area contributed by atoms with Gasteiger partial charge in [-0.2, -0.15) is 0 Å². The van der Waals surface area contributed by atoms with Crippen molar-refractivity contribution in [3.8, 4) is 0 Å². The number of nitrogens with one attached hydrogen (secondary N) is 2. The Kier molecular flexibility index (Phi) is 6.03. The number of carbonyl (C=O) groups excluding carboxylic acids is 1. The monoisotopic (exact) mass is 278 g/mol. The van der Waals surface area contributed by atoms with Crippen LogP contribution in [0.15, 0.2) is 30.3 Å². The third kappa shape index (κ3) is 5.30. The maximum Gasteiger partial charge on any atom is 0.326 e. The van der Waals surface area contributed by atoms with Crippen LogP contribution in [0.5, 0.6) is 0 Å². The molecule has 0 bridgehead atoms. The number of aliphatic carboxylic acids is 1. The van der Waals surface area contributed by atoms with Crippen molar-refractivity contribution in [3.63, 3.8) is 0 Å². The molecule has 1 aromatic carbocycles. The highest BCUT2D eigenvalue weighted by molar-refractivity contribution is 5.82. The lowest BCUT2D eigenvalue weighted by Crippen LogP contribution is -2.47. The van der Waals surface area contributed by atoms with E-state index < -0.39 is 18.0 Å². The van der Waals surface area contributed by atoms with Crippen LogP contribution in [0.3, 0.4) is 0 Å². The fourth-order valence-electron chi connectivity index (χ4n) is 1.91. The standard InChI is InChI=1S/C15H22N2O3/c1-10(2)9-13(14(18)19)17-15(20)16-11(3)12-7-5-4-6-8-12/h4-8,10-11,13H,9H2,1-3H3,(H,18,19)(H2,16,17,20)/t11-,13-/m1/s1. The first-order valence-corrected chi connectivity index (χ1v) is 6.75. The summed E-state index contributed by atoms with van der Waals surface area (Å²) in [5, 5.41) is 14.3. The van der Waals surface area contributed by atoms with Crippen molar-refractivity contribution in [1.29, 1.82) is 0 Å². The van der Waals surface area contributed by atoms with Crippen LogP contribution in [0, 0.1) is 5.92 Å². The number of hydrogen-bond acceptors (Lipinski definition) is 2. The van der Waals surface area contributed by atoms with Crippen molar-refractivity contribution in [2.75, 3.05) is 0 Å². The summed E-state index contributed by atoms with van der Waals surface area (Å²) < 4.78 is 0. The van der Waals surface area contributed by atoms with Crippen LogP contribution < -0.4 is 10.6 Å². The Balaban J connectivity index is 2.55. The number of benzene rings is 1. The van der Waals surface area contributed by atoms with Crippen molar-refractivity contribution in [2.45, 2.75) is 39.3 Å². The molecule has 0 saturated carbocycles. The first-order valence-electron chi connectivity index (χ1n) is 6.75. The second kappa shape index (κ2) is 7.53. The molecule has 1 aromatic rings. The number of rotatable bonds is 6. The molecule has 0 aliphatic rings. The minimum Gasteiger partial charge on any atom is -0.480 e. The Morgan fingerprint density at radius 1 is 1.10 bits per heavy atom. The van der Waals surface area contributed by atoms with Crippen molar-refractivity contribution >= 4 is 12.0 Å². The normalized spacial score (nSPS) is 13.6. The second-order valence-electron chi connectivity index (χ2n) is 5.27. The highest BCUT2D eigenvalue weighted by Gasteiger charge is 2.21. The van der Waals surface area contributed by atoms with E-state index in [2.05, 4.69) is 10.6 Å². The summed E-state index contributed by atoms with van der Waals surface area (Å²) in [5.74, 6) is -0.816. The predicted molar refractivity (Wildman–Crippen MR) is 77.4 cm³/mol. The van der Waals surface area contributed by atoms with Gasteiger partial charge < -0.3 is 15.7 Å². The van der Waals surface area contributed by atoms with Crippen LogP contribution in [0.2, 0.25) is 0 Å². The first-order chi connectivity index (χ1) is 9.40. The molecule has 110 valence electrons. The fraction of sp³-hybridized carbons (Fsp3) is 0.467. The molecule has 0 fully saturated rings. The van der Waals surface area contributed by atoms with E-state index in [4.69, 9.17) is 5.11 Å². The molecule has 5 nitrogen and oxygen atoms in total. The van der Waals surface area contributed by atoms with Crippen LogP contribution in [0.4, 0.5) is 4.79 Å². The van der Waals surface area contributed by atoms with Gasteiger partial charge in [0.15, 0.2) is 0 Å². The molecule has 20 heavy (non-hydrogen) atoms. The first kappa shape index (κ1) is 16.0. The van der Waals surface area contributed by atoms with Gasteiger partial charge in [-0.1, -0.05) is 44.2 Å². The van der Waals surface area contributed by atoms with Crippen LogP contribution in [-0.2, 0) is 4.79 Å². The SMILES string of the molecule is CC(C)C[C@@H](NC(=O)N[C@H](C)c1ccccc1)C(=O)O. The summed E-state index contributed by atoms with van der Waals surface area (Å²) in [4.78, 5) is 22.9. The predicted octanol–water partition coefficient (Wildman–Crippen LogP) is 2.55. The Morgan fingerprint density at radius 3 is 2.20 bits per heavy atom. The molecule has 0 radical (unpaired) electrons. The lowest BCUT2D eigenvalue weighted by atomic mass is 10.0. The Labute approximate surface area is 119 Å². The number of hydrogen-bond donors (Lipinski definition) is 3. The Bertz CT molecular complexity index is 446. The number of carboxylic acid groups (broad SMARTS) is 1. The molecular formula is C15H22N2O3. The number of carboxylic acids is 1. The van der Waals surface area contributed by atoms with Gasteiger partial charge in [0.1, 0.15) is 6.04 Å². The molecule has 2 atom stereocenters. The van der Waals surface area contributed by atoms with Crippen LogP contribution in [0.25, 0.3) is 0 Å². The van der Waals surface area contributed by atoms with E-state index in [0.29, 0.717) is 6.42 Å². The Hall–Kier alpha value is -2.04. The van der Waals surface area contributed by atoms with E-state index >= 15 is 0 Å². The molecular weight excluding hydrogens is 256 g/mol. The van der Waals surface area contributed by atoms with Gasteiger partial charge in [0.05, 0.1) is 6.04 Å². The van der Waals surface area contributed by atoms with Gasteiger partial charge in [-0.3, -0.25) is 0 Å². The van der Waals surface area contributed by atoms with Gasteiger partial charge in [-0.15, -0.1) is 0 Å². The summed E-state index contributed by atoms with van der Waals surface area (Å²) in [6.45, 7) is 5.69. The fourth-order valence-corrected chi connectivity index (χ4v) is 1.91. The van der Waals surface area contributed by atoms with Gasteiger partial charge in [-0.05, 0) is 24.8 Å². The minimum atomic E-state index is -1.01. The summed E-state index contributed by atoms with van der Waals surface area (Å²) in [6.07, 6.45) is 0.405. The average Bonchev–Trinajstić information content (AvgIpc) is 2.38. The lowest BCUT2D eigenvalue weighted by molar-refractivity contribution is -0.139. The molecule has 3 N–H and O–H groups in total. The van der Waals surface area contributed by atoms with E-state index in [9.17, 15) is 9.59 Å². The zero-order valence-corrected chi connectivity index (χ0v) is 12.1. The van der Waals surface area contributed by atoms with Crippen molar-refractivity contribution in [3.05, 3.63) is 35.9 Å². The summed E-state index contributed by atoms with van der Waals surface area (Å²) in [7, 11) is 0. The van der Waals surface area contributed by atoms with Gasteiger partial charge in [-0.25, -0.2) is 9.59 Å². The van der Waals surface area contributed by atoms with Gasteiger partial charge in [0, 0.05) is 0 Å². The van der Waals surface area contributed by atoms with Crippen molar-refractivity contribution < 1.29 is 14.7 Å². The maximum absolute atomic E-state index is 11.8. The molecule has 0 aliphatic heterocycles. The van der Waals surface area contributed by atoms with Gasteiger partial charge in [0.2, 0.25) is 0 Å². The quantitative estimate of drug-likeness (QED) is 0.748. The molecule has 0 aromatic heterocycles. The van der Waals surface area contributed by atoms with E-state index in [1.165, 1.54) is 0 Å². The number of amides is 2. The van der Waals surface area contributed by atoms with Crippen molar-refractivity contribution in [2.24, 2.45) is 5.92 Å². The lowest BCUT2D eigenvalue weighted by Gasteiger charge is -2.19. The molecule has 0 spiro atoms. The van der Waals surface area contributed by atoms with Crippen LogP contribution >= 0.6 is 0 Å².